The third-order valence-electron chi connectivity index (χ3n) is 2.18. The fourth-order valence-electron chi connectivity index (χ4n) is 1.28. The lowest BCUT2D eigenvalue weighted by Crippen LogP contribution is -2.27. The third kappa shape index (κ3) is 4.13. The molecule has 0 saturated heterocycles. The number of aliphatic hydroxyl groups is 1. The number of rotatable bonds is 5. The van der Waals surface area contributed by atoms with Gasteiger partial charge in [0.1, 0.15) is 6.10 Å². The Bertz CT molecular complexity index is 298. The molecule has 0 unspecified atom stereocenters. The number of hydrogen-bond acceptors (Lipinski definition) is 2. The molecule has 2 N–H and O–H groups in total. The van der Waals surface area contributed by atoms with Gasteiger partial charge in [0, 0.05) is 5.69 Å². The number of benzene rings is 1. The van der Waals surface area contributed by atoms with Gasteiger partial charge in [0.25, 0.3) is 5.91 Å². The Hall–Kier alpha value is -1.35. The molecule has 3 heteroatoms. The fraction of sp³-hybridized carbons (Fsp3) is 0.417. The van der Waals surface area contributed by atoms with E-state index in [4.69, 9.17) is 0 Å². The molecule has 82 valence electrons. The van der Waals surface area contributed by atoms with Crippen molar-refractivity contribution in [2.75, 3.05) is 5.32 Å². The van der Waals surface area contributed by atoms with E-state index in [1.165, 1.54) is 0 Å². The van der Waals surface area contributed by atoms with Crippen molar-refractivity contribution in [2.24, 2.45) is 0 Å². The highest BCUT2D eigenvalue weighted by molar-refractivity contribution is 5.93. The van der Waals surface area contributed by atoms with Crippen molar-refractivity contribution in [3.8, 4) is 0 Å². The third-order valence-corrected chi connectivity index (χ3v) is 2.18. The van der Waals surface area contributed by atoms with E-state index in [1.54, 1.807) is 12.1 Å². The molecule has 0 spiro atoms. The smallest absolute Gasteiger partial charge is 0.253 e. The Labute approximate surface area is 90.1 Å². The average Bonchev–Trinajstić information content (AvgIpc) is 2.27. The number of carbonyl (C=O) groups is 1. The van der Waals surface area contributed by atoms with Gasteiger partial charge in [-0.3, -0.25) is 4.79 Å². The van der Waals surface area contributed by atoms with E-state index in [1.807, 2.05) is 25.1 Å². The van der Waals surface area contributed by atoms with Crippen LogP contribution < -0.4 is 5.32 Å². The van der Waals surface area contributed by atoms with Crippen LogP contribution in [0.5, 0.6) is 0 Å². The number of unbranched alkanes of at least 4 members (excludes halogenated alkanes) is 1. The van der Waals surface area contributed by atoms with Crippen molar-refractivity contribution in [3.63, 3.8) is 0 Å². The summed E-state index contributed by atoms with van der Waals surface area (Å²) in [5.74, 6) is -0.324. The zero-order valence-corrected chi connectivity index (χ0v) is 8.94. The molecule has 0 bridgehead atoms. The molecular weight excluding hydrogens is 190 g/mol. The molecule has 1 amide bonds. The van der Waals surface area contributed by atoms with Crippen molar-refractivity contribution in [1.29, 1.82) is 0 Å². The quantitative estimate of drug-likeness (QED) is 0.777. The van der Waals surface area contributed by atoms with E-state index in [0.717, 1.165) is 18.5 Å². The molecule has 1 aromatic rings. The zero-order chi connectivity index (χ0) is 11.1. The largest absolute Gasteiger partial charge is 0.383 e. The summed E-state index contributed by atoms with van der Waals surface area (Å²) in [7, 11) is 0. The van der Waals surface area contributed by atoms with Gasteiger partial charge < -0.3 is 10.4 Å². The molecule has 0 fully saturated rings. The van der Waals surface area contributed by atoms with E-state index in [9.17, 15) is 9.90 Å². The second-order valence-electron chi connectivity index (χ2n) is 3.51. The van der Waals surface area contributed by atoms with Crippen LogP contribution in [-0.2, 0) is 4.79 Å². The minimum atomic E-state index is -0.898. The minimum absolute atomic E-state index is 0.324. The predicted molar refractivity (Wildman–Crippen MR) is 60.6 cm³/mol. The summed E-state index contributed by atoms with van der Waals surface area (Å²) in [5, 5.41) is 12.2. The van der Waals surface area contributed by atoms with Gasteiger partial charge in [0.15, 0.2) is 0 Å². The first kappa shape index (κ1) is 11.7. The normalized spacial score (nSPS) is 12.1. The summed E-state index contributed by atoms with van der Waals surface area (Å²) < 4.78 is 0. The van der Waals surface area contributed by atoms with Crippen LogP contribution in [0.3, 0.4) is 0 Å². The van der Waals surface area contributed by atoms with Gasteiger partial charge in [-0.15, -0.1) is 0 Å². The molecule has 15 heavy (non-hydrogen) atoms. The molecule has 1 atom stereocenters. The van der Waals surface area contributed by atoms with Gasteiger partial charge in [-0.1, -0.05) is 38.0 Å². The maximum absolute atomic E-state index is 11.5. The van der Waals surface area contributed by atoms with E-state index < -0.39 is 6.10 Å². The lowest BCUT2D eigenvalue weighted by atomic mass is 10.1. The number of amides is 1. The van der Waals surface area contributed by atoms with Crippen LogP contribution in [-0.4, -0.2) is 17.1 Å². The number of carbonyl (C=O) groups excluding carboxylic acids is 1. The number of nitrogens with one attached hydrogen (secondary N) is 1. The first-order chi connectivity index (χ1) is 7.24. The number of para-hydroxylation sites is 1. The van der Waals surface area contributed by atoms with Gasteiger partial charge in [-0.25, -0.2) is 0 Å². The van der Waals surface area contributed by atoms with Crippen LogP contribution in [0.15, 0.2) is 30.3 Å². The van der Waals surface area contributed by atoms with Crippen molar-refractivity contribution >= 4 is 11.6 Å². The maximum Gasteiger partial charge on any atom is 0.253 e. The Morgan fingerprint density at radius 2 is 2.07 bits per heavy atom. The summed E-state index contributed by atoms with van der Waals surface area (Å²) in [4.78, 5) is 11.5. The Morgan fingerprint density at radius 3 is 2.67 bits per heavy atom. The molecule has 0 aliphatic heterocycles. The van der Waals surface area contributed by atoms with Crippen LogP contribution in [0.25, 0.3) is 0 Å². The van der Waals surface area contributed by atoms with Gasteiger partial charge in [0.05, 0.1) is 0 Å². The van der Waals surface area contributed by atoms with Crippen LogP contribution in [0.2, 0.25) is 0 Å². The molecule has 0 radical (unpaired) electrons. The van der Waals surface area contributed by atoms with Gasteiger partial charge in [-0.2, -0.15) is 0 Å². The van der Waals surface area contributed by atoms with Crippen LogP contribution in [0.4, 0.5) is 5.69 Å². The topological polar surface area (TPSA) is 49.3 Å². The summed E-state index contributed by atoms with van der Waals surface area (Å²) in [6, 6.07) is 9.15. The molecule has 0 heterocycles. The second-order valence-corrected chi connectivity index (χ2v) is 3.51. The standard InChI is InChI=1S/C12H17NO2/c1-2-3-9-11(14)12(15)13-10-7-5-4-6-8-10/h4-8,11,14H,2-3,9H2,1H3,(H,13,15)/t11-/m1/s1. The Balaban J connectivity index is 2.42. The van der Waals surface area contributed by atoms with Gasteiger partial charge in [0.2, 0.25) is 0 Å². The number of anilines is 1. The number of aliphatic hydroxyl groups excluding tert-OH is 1. The van der Waals surface area contributed by atoms with Crippen molar-refractivity contribution in [3.05, 3.63) is 30.3 Å². The fourth-order valence-corrected chi connectivity index (χ4v) is 1.28. The maximum atomic E-state index is 11.5. The van der Waals surface area contributed by atoms with E-state index >= 15 is 0 Å². The summed E-state index contributed by atoms with van der Waals surface area (Å²) in [5.41, 5.74) is 0.720. The first-order valence-corrected chi connectivity index (χ1v) is 5.28. The number of hydrogen-bond donors (Lipinski definition) is 2. The molecule has 0 aromatic heterocycles. The highest BCUT2D eigenvalue weighted by atomic mass is 16.3. The zero-order valence-electron chi connectivity index (χ0n) is 8.94. The molecule has 3 nitrogen and oxygen atoms in total. The molecule has 1 rings (SSSR count). The van der Waals surface area contributed by atoms with Crippen molar-refractivity contribution < 1.29 is 9.90 Å². The molecule has 1 aromatic carbocycles. The van der Waals surface area contributed by atoms with Crippen LogP contribution in [0.1, 0.15) is 26.2 Å². The second kappa shape index (κ2) is 6.19. The van der Waals surface area contributed by atoms with Gasteiger partial charge in [-0.05, 0) is 18.6 Å². The van der Waals surface area contributed by atoms with E-state index in [-0.39, 0.29) is 5.91 Å². The van der Waals surface area contributed by atoms with Crippen molar-refractivity contribution in [2.45, 2.75) is 32.3 Å². The molecular formula is C12H17NO2. The monoisotopic (exact) mass is 207 g/mol. The van der Waals surface area contributed by atoms with Crippen molar-refractivity contribution in [1.82, 2.24) is 0 Å². The van der Waals surface area contributed by atoms with E-state index in [0.29, 0.717) is 6.42 Å². The highest BCUT2D eigenvalue weighted by Crippen LogP contribution is 2.07. The van der Waals surface area contributed by atoms with Crippen LogP contribution in [0, 0.1) is 0 Å². The highest BCUT2D eigenvalue weighted by Gasteiger charge is 2.13. The SMILES string of the molecule is CCCC[C@@H](O)C(=O)Nc1ccccc1. The average molecular weight is 207 g/mol. The molecule has 0 saturated carbocycles. The summed E-state index contributed by atoms with van der Waals surface area (Å²) in [6.45, 7) is 2.03. The minimum Gasteiger partial charge on any atom is -0.383 e. The van der Waals surface area contributed by atoms with Gasteiger partial charge >= 0.3 is 0 Å². The summed E-state index contributed by atoms with van der Waals surface area (Å²) >= 11 is 0. The van der Waals surface area contributed by atoms with Crippen LogP contribution >= 0.6 is 0 Å². The predicted octanol–water partition coefficient (Wildman–Crippen LogP) is 2.18. The first-order valence-electron chi connectivity index (χ1n) is 5.28. The molecule has 0 aliphatic carbocycles. The lowest BCUT2D eigenvalue weighted by molar-refractivity contribution is -0.124. The Kier molecular flexibility index (Phi) is 4.84. The van der Waals surface area contributed by atoms with E-state index in [2.05, 4.69) is 5.32 Å². The lowest BCUT2D eigenvalue weighted by Gasteiger charge is -2.10. The Morgan fingerprint density at radius 1 is 1.40 bits per heavy atom. The summed E-state index contributed by atoms with van der Waals surface area (Å²) in [6.07, 6.45) is 1.47. The molecule has 0 aliphatic rings.